The van der Waals surface area contributed by atoms with E-state index in [1.165, 1.54) is 13.1 Å². The van der Waals surface area contributed by atoms with Crippen LogP contribution in [-0.2, 0) is 11.3 Å². The molecule has 3 aromatic rings. The Labute approximate surface area is 194 Å². The minimum Gasteiger partial charge on any atom is -0.365 e. The van der Waals surface area contributed by atoms with Crippen LogP contribution in [0.5, 0.6) is 0 Å². The summed E-state index contributed by atoms with van der Waals surface area (Å²) in [5.41, 5.74) is 2.38. The summed E-state index contributed by atoms with van der Waals surface area (Å²) in [5, 5.41) is 10.4. The number of hydrogen-bond acceptors (Lipinski definition) is 6. The molecule has 2 amide bonds. The van der Waals surface area contributed by atoms with Gasteiger partial charge in [-0.3, -0.25) is 19.2 Å². The fourth-order valence-electron chi connectivity index (χ4n) is 4.64. The van der Waals surface area contributed by atoms with Gasteiger partial charge in [0.1, 0.15) is 17.4 Å². The average molecular weight is 469 g/mol. The second kappa shape index (κ2) is 8.32. The van der Waals surface area contributed by atoms with Crippen LogP contribution in [0.3, 0.4) is 0 Å². The van der Waals surface area contributed by atoms with Gasteiger partial charge in [-0.15, -0.1) is 0 Å². The van der Waals surface area contributed by atoms with E-state index in [1.54, 1.807) is 17.7 Å². The van der Waals surface area contributed by atoms with Crippen LogP contribution in [0.4, 0.5) is 20.2 Å². The normalized spacial score (nSPS) is 18.3. The highest BCUT2D eigenvalue weighted by Gasteiger charge is 2.31. The third-order valence-corrected chi connectivity index (χ3v) is 6.58. The molecule has 1 fully saturated rings. The Morgan fingerprint density at radius 1 is 1.24 bits per heavy atom. The summed E-state index contributed by atoms with van der Waals surface area (Å²) in [6, 6.07) is 4.37. The molecule has 1 atom stereocenters. The predicted molar refractivity (Wildman–Crippen MR) is 123 cm³/mol. The Morgan fingerprint density at radius 2 is 1.97 bits per heavy atom. The number of hydrogen-bond donors (Lipinski definition) is 2. The van der Waals surface area contributed by atoms with Crippen molar-refractivity contribution in [2.24, 2.45) is 0 Å². The topological polar surface area (TPSA) is 95.4 Å². The largest absolute Gasteiger partial charge is 0.365 e. The van der Waals surface area contributed by atoms with E-state index in [-0.39, 0.29) is 17.3 Å². The first-order chi connectivity index (χ1) is 16.3. The summed E-state index contributed by atoms with van der Waals surface area (Å²) < 4.78 is 31.5. The van der Waals surface area contributed by atoms with Crippen LogP contribution < -0.4 is 15.5 Å². The highest BCUT2D eigenvalue weighted by Crippen LogP contribution is 2.37. The minimum absolute atomic E-state index is 0.0253. The standard InChI is InChI=1S/C23H25F2N7O2/c1-12-15-10-14(18(24)19-20(15)32(29-12)13(2)22(33)28-19)11-30-6-8-31(9-7-30)17-5-4-16(23(34)26-3)27-21(17)25/h4-5,10,13H,6-9,11H2,1-3H3,(H,26,34)(H,28,33). The van der Waals surface area contributed by atoms with Gasteiger partial charge in [0.25, 0.3) is 5.91 Å². The van der Waals surface area contributed by atoms with Crippen molar-refractivity contribution in [2.75, 3.05) is 43.4 Å². The van der Waals surface area contributed by atoms with Crippen molar-refractivity contribution in [2.45, 2.75) is 26.4 Å². The molecule has 0 aliphatic carbocycles. The van der Waals surface area contributed by atoms with Crippen molar-refractivity contribution < 1.29 is 18.4 Å². The van der Waals surface area contributed by atoms with E-state index in [4.69, 9.17) is 0 Å². The molecule has 0 saturated carbocycles. The van der Waals surface area contributed by atoms with Gasteiger partial charge in [0.05, 0.1) is 16.9 Å². The van der Waals surface area contributed by atoms with Crippen molar-refractivity contribution in [1.29, 1.82) is 0 Å². The summed E-state index contributed by atoms with van der Waals surface area (Å²) in [6.07, 6.45) is 0. The first-order valence-electron chi connectivity index (χ1n) is 11.2. The van der Waals surface area contributed by atoms with Crippen LogP contribution in [0, 0.1) is 18.7 Å². The van der Waals surface area contributed by atoms with Crippen molar-refractivity contribution in [3.63, 3.8) is 0 Å². The number of halogens is 2. The van der Waals surface area contributed by atoms with Crippen LogP contribution in [0.25, 0.3) is 10.9 Å². The van der Waals surface area contributed by atoms with E-state index in [1.807, 2.05) is 17.9 Å². The van der Waals surface area contributed by atoms with E-state index in [0.29, 0.717) is 49.5 Å². The molecule has 2 aliphatic rings. The number of amides is 2. The molecule has 1 saturated heterocycles. The number of rotatable bonds is 4. The van der Waals surface area contributed by atoms with E-state index < -0.39 is 23.7 Å². The molecule has 0 spiro atoms. The van der Waals surface area contributed by atoms with Crippen molar-refractivity contribution >= 4 is 34.1 Å². The number of aromatic nitrogens is 3. The number of nitrogens with one attached hydrogen (secondary N) is 2. The van der Waals surface area contributed by atoms with Gasteiger partial charge in [0, 0.05) is 50.7 Å². The number of carbonyl (C=O) groups excluding carboxylic acids is 2. The maximum absolute atomic E-state index is 15.4. The number of benzene rings is 1. The third kappa shape index (κ3) is 3.56. The smallest absolute Gasteiger partial charge is 0.269 e. The SMILES string of the molecule is CNC(=O)c1ccc(N2CCN(Cc3cc4c(C)nn5c4c(c3F)NC(=O)C5C)CC2)c(F)n1. The van der Waals surface area contributed by atoms with Gasteiger partial charge in [0.15, 0.2) is 5.82 Å². The summed E-state index contributed by atoms with van der Waals surface area (Å²) in [4.78, 5) is 31.7. The molecule has 2 N–H and O–H groups in total. The van der Waals surface area contributed by atoms with E-state index >= 15 is 4.39 Å². The highest BCUT2D eigenvalue weighted by molar-refractivity contribution is 6.06. The molecule has 1 unspecified atom stereocenters. The number of anilines is 2. The van der Waals surface area contributed by atoms with E-state index in [2.05, 4.69) is 25.6 Å². The van der Waals surface area contributed by atoms with Gasteiger partial charge < -0.3 is 15.5 Å². The van der Waals surface area contributed by atoms with Crippen LogP contribution >= 0.6 is 0 Å². The molecular weight excluding hydrogens is 444 g/mol. The number of aryl methyl sites for hydroxylation is 1. The highest BCUT2D eigenvalue weighted by atomic mass is 19.1. The molecule has 1 aromatic carbocycles. The maximum atomic E-state index is 15.4. The molecule has 2 aromatic heterocycles. The Morgan fingerprint density at radius 3 is 2.65 bits per heavy atom. The summed E-state index contributed by atoms with van der Waals surface area (Å²) in [7, 11) is 1.46. The molecule has 178 valence electrons. The number of piperazine rings is 1. The molecule has 9 nitrogen and oxygen atoms in total. The summed E-state index contributed by atoms with van der Waals surface area (Å²) in [5.74, 6) is -1.88. The maximum Gasteiger partial charge on any atom is 0.269 e. The predicted octanol–water partition coefficient (Wildman–Crippen LogP) is 2.21. The van der Waals surface area contributed by atoms with Crippen LogP contribution in [0.1, 0.15) is 34.7 Å². The monoisotopic (exact) mass is 469 g/mol. The van der Waals surface area contributed by atoms with Gasteiger partial charge in [-0.1, -0.05) is 0 Å². The average Bonchev–Trinajstić information content (AvgIpc) is 3.16. The van der Waals surface area contributed by atoms with Crippen LogP contribution in [-0.4, -0.2) is 64.7 Å². The Bertz CT molecular complexity index is 1310. The molecule has 0 radical (unpaired) electrons. The summed E-state index contributed by atoms with van der Waals surface area (Å²) in [6.45, 7) is 6.17. The van der Waals surface area contributed by atoms with Gasteiger partial charge in [0.2, 0.25) is 11.9 Å². The Hall–Kier alpha value is -3.60. The first-order valence-corrected chi connectivity index (χ1v) is 11.2. The third-order valence-electron chi connectivity index (χ3n) is 6.58. The minimum atomic E-state index is -0.692. The van der Waals surface area contributed by atoms with Crippen molar-refractivity contribution in [3.8, 4) is 0 Å². The molecule has 11 heteroatoms. The second-order valence-electron chi connectivity index (χ2n) is 8.66. The molecule has 34 heavy (non-hydrogen) atoms. The zero-order valence-corrected chi connectivity index (χ0v) is 19.2. The van der Waals surface area contributed by atoms with Crippen molar-refractivity contribution in [1.82, 2.24) is 25.0 Å². The lowest BCUT2D eigenvalue weighted by molar-refractivity contribution is -0.119. The zero-order chi connectivity index (χ0) is 24.1. The number of nitrogens with zero attached hydrogens (tertiary/aromatic N) is 5. The molecule has 5 rings (SSSR count). The fraction of sp³-hybridized carbons (Fsp3) is 0.391. The summed E-state index contributed by atoms with van der Waals surface area (Å²) >= 11 is 0. The van der Waals surface area contributed by atoms with Crippen molar-refractivity contribution in [3.05, 3.63) is 46.9 Å². The molecule has 4 heterocycles. The number of carbonyl (C=O) groups is 2. The molecular formula is C23H25F2N7O2. The lowest BCUT2D eigenvalue weighted by Gasteiger charge is -2.36. The lowest BCUT2D eigenvalue weighted by atomic mass is 10.0. The van der Waals surface area contributed by atoms with E-state index in [9.17, 15) is 14.0 Å². The van der Waals surface area contributed by atoms with Crippen LogP contribution in [0.2, 0.25) is 0 Å². The fourth-order valence-corrected chi connectivity index (χ4v) is 4.64. The quantitative estimate of drug-likeness (QED) is 0.569. The number of pyridine rings is 1. The molecule has 2 aliphatic heterocycles. The second-order valence-corrected chi connectivity index (χ2v) is 8.66. The Kier molecular flexibility index (Phi) is 5.43. The van der Waals surface area contributed by atoms with Gasteiger partial charge in [-0.25, -0.2) is 9.37 Å². The van der Waals surface area contributed by atoms with Gasteiger partial charge in [-0.05, 0) is 32.0 Å². The first kappa shape index (κ1) is 22.2. The van der Waals surface area contributed by atoms with Crippen LogP contribution in [0.15, 0.2) is 18.2 Å². The van der Waals surface area contributed by atoms with Gasteiger partial charge >= 0.3 is 0 Å². The zero-order valence-electron chi connectivity index (χ0n) is 19.2. The lowest BCUT2D eigenvalue weighted by Crippen LogP contribution is -2.46. The van der Waals surface area contributed by atoms with Gasteiger partial charge in [-0.2, -0.15) is 9.49 Å². The molecule has 0 bridgehead atoms. The van der Waals surface area contributed by atoms with E-state index in [0.717, 1.165) is 11.1 Å². The Balaban J connectivity index is 1.33.